The van der Waals surface area contributed by atoms with Crippen molar-refractivity contribution in [2.75, 3.05) is 17.2 Å². The number of hydrogen-bond donors (Lipinski definition) is 10. The van der Waals surface area contributed by atoms with Gasteiger partial charge in [0.05, 0.1) is 36.8 Å². The monoisotopic (exact) mass is 2030 g/mol. The molecule has 0 atom stereocenters. The standard InChI is InChI=1S/2C11H14N2.3C9H14N2.2C9H13NO.C9H13N.C8H14N2.2C8H12N2.C7H11N3.2C7H12N2/c1-11(2,3)9-5-7-13-10-8(9)4-6-12-10;1-11(2,3)9-7-13-10-8(9)5-4-6-12-10;1-9(2,3)7-4-5-11-6-8(7)10;1-9(2,3)7-4-5-11-8(10)6-7;1-9(2,3)7-4-5-8(10)11-6-7;1-9(2,3)7-4-5-10-8(11)6-7;1-9(2,3)7-4-5-8(11)10-6-7;1-9(2,3)8-4-6-10-7-5-8;1-8(2,3)4-7-5-9-10-6-7;1-8(2,3)7-4-5-9-6-10-7;1-8(2,3)7-4-5-9-10-6-7;1-7(2,3)6-9-4-8-5-10-6;1-7(2,3)6-4-8-5-9-6;1-7(2,3)6-4-8-9-5-6/h2*4-7H,1-3H3,(H,12,13);4-6H,10H2,1-3H3;2*4-6H,1-3H3,(H2,10,11);2*4-6H,1-3H3,(H,10,11);4-7H,1-3H3;5-6H,4H2,1-3H3,(H,9,10);2*4-6H,1-3H3;4-5H,1-3H3;2*4-5H,1-3H3,(H,8,9). The van der Waals surface area contributed by atoms with Gasteiger partial charge in [-0.1, -0.05) is 303 Å². The van der Waals surface area contributed by atoms with E-state index >= 15 is 0 Å². The smallest absolute Gasteiger partial charge is 0.248 e. The fourth-order valence-corrected chi connectivity index (χ4v) is 13.1. The fourth-order valence-electron chi connectivity index (χ4n) is 13.1. The van der Waals surface area contributed by atoms with Crippen molar-refractivity contribution in [3.8, 4) is 0 Å². The summed E-state index contributed by atoms with van der Waals surface area (Å²) in [6, 6.07) is 33.0. The Morgan fingerprint density at radius 1 is 0.275 bits per heavy atom. The van der Waals surface area contributed by atoms with Gasteiger partial charge in [-0.25, -0.2) is 49.8 Å². The molecule has 28 nitrogen and oxygen atoms in total. The Balaban J connectivity index is 0.000000413. The molecule has 0 radical (unpaired) electrons. The molecule has 0 spiro atoms. The second-order valence-electron chi connectivity index (χ2n) is 51.0. The zero-order valence-corrected chi connectivity index (χ0v) is 98.1. The van der Waals surface area contributed by atoms with Crippen LogP contribution in [-0.2, 0) is 76.8 Å². The van der Waals surface area contributed by atoms with Crippen LogP contribution in [0.1, 0.15) is 369 Å². The first-order valence-electron chi connectivity index (χ1n) is 50.8. The minimum Gasteiger partial charge on any atom is -0.397 e. The zero-order valence-electron chi connectivity index (χ0n) is 98.1. The SMILES string of the molecule is CC(C)(C)Cc1cn[nH]c1.CC(C)(C)c1c[nH]c2ncccc12.CC(C)(C)c1cc[nH]c(=O)c1.CC(C)(C)c1ccc(=O)[nH]c1.CC(C)(C)c1ccc(N)nc1.CC(C)(C)c1ccnc(N)c1.CC(C)(C)c1ccnc2[nH]ccc12.CC(C)(C)c1ccncc1.CC(C)(C)c1ccncc1N.CC(C)(C)c1ccncn1.CC(C)(C)c1ccnnc1.CC(C)(C)c1cn[nH]c1.CC(C)(C)c1cnc[nH]1.CC(C)(C)c1ncncn1. The largest absolute Gasteiger partial charge is 0.397 e. The summed E-state index contributed by atoms with van der Waals surface area (Å²) in [6.07, 6.45) is 44.0. The van der Waals surface area contributed by atoms with Gasteiger partial charge < -0.3 is 42.1 Å². The van der Waals surface area contributed by atoms with E-state index in [9.17, 15) is 9.59 Å². The zero-order chi connectivity index (χ0) is 113. The minimum atomic E-state index is -0.0435. The molecular formula is C121H182N26O2. The molecule has 16 heterocycles. The van der Waals surface area contributed by atoms with Crippen molar-refractivity contribution in [3.63, 3.8) is 0 Å². The lowest BCUT2D eigenvalue weighted by atomic mass is 9.86. The normalized spacial score (nSPS) is 11.7. The maximum absolute atomic E-state index is 10.9. The molecule has 16 aromatic rings. The first-order valence-corrected chi connectivity index (χ1v) is 50.8. The number of nitrogens with one attached hydrogen (secondary N) is 7. The van der Waals surface area contributed by atoms with Crippen molar-refractivity contribution in [1.29, 1.82) is 0 Å². The van der Waals surface area contributed by atoms with E-state index < -0.39 is 0 Å². The molecule has 16 rings (SSSR count). The number of fused-ring (bicyclic) bond motifs is 2. The van der Waals surface area contributed by atoms with Crippen molar-refractivity contribution in [2.24, 2.45) is 5.41 Å². The molecule has 0 aliphatic heterocycles. The molecular weight excluding hydrogens is 1850 g/mol. The van der Waals surface area contributed by atoms with Crippen LogP contribution < -0.4 is 28.3 Å². The Bertz CT molecular complexity index is 6200. The van der Waals surface area contributed by atoms with Gasteiger partial charge in [0.15, 0.2) is 0 Å². The molecule has 0 saturated carbocycles. The second-order valence-corrected chi connectivity index (χ2v) is 51.0. The molecule has 28 heteroatoms. The number of nitrogen functional groups attached to an aromatic ring is 3. The van der Waals surface area contributed by atoms with Gasteiger partial charge in [0.1, 0.15) is 47.7 Å². The summed E-state index contributed by atoms with van der Waals surface area (Å²) in [7, 11) is 0. The van der Waals surface area contributed by atoms with Gasteiger partial charge in [0.2, 0.25) is 11.1 Å². The summed E-state index contributed by atoms with van der Waals surface area (Å²) in [5.41, 5.74) is 37.7. The van der Waals surface area contributed by atoms with Crippen LogP contribution in [-0.4, -0.2) is 115 Å². The van der Waals surface area contributed by atoms with Crippen LogP contribution >= 0.6 is 0 Å². The van der Waals surface area contributed by atoms with Gasteiger partial charge in [0, 0.05) is 150 Å². The second kappa shape index (κ2) is 57.0. The Morgan fingerprint density at radius 3 is 1.16 bits per heavy atom. The van der Waals surface area contributed by atoms with E-state index in [0.717, 1.165) is 51.6 Å². The van der Waals surface area contributed by atoms with Gasteiger partial charge in [-0.2, -0.15) is 20.4 Å². The highest BCUT2D eigenvalue weighted by atomic mass is 16.1. The Labute approximate surface area is 891 Å². The van der Waals surface area contributed by atoms with Crippen LogP contribution in [0.4, 0.5) is 17.3 Å². The van der Waals surface area contributed by atoms with Gasteiger partial charge in [0.25, 0.3) is 0 Å². The molecule has 0 fully saturated rings. The molecule has 0 aliphatic rings. The summed E-state index contributed by atoms with van der Waals surface area (Å²) < 4.78 is 0. The molecule has 0 aromatic carbocycles. The molecule has 16 aromatic heterocycles. The third kappa shape index (κ3) is 51.5. The lowest BCUT2D eigenvalue weighted by molar-refractivity contribution is 0.411. The van der Waals surface area contributed by atoms with E-state index in [4.69, 9.17) is 17.2 Å². The maximum atomic E-state index is 10.9. The average Bonchev–Trinajstić information content (AvgIpc) is 1.67. The number of pyridine rings is 8. The highest BCUT2D eigenvalue weighted by Gasteiger charge is 2.24. The number of rotatable bonds is 1. The van der Waals surface area contributed by atoms with Crippen LogP contribution in [0.3, 0.4) is 0 Å². The van der Waals surface area contributed by atoms with E-state index in [-0.39, 0.29) is 81.5 Å². The predicted molar refractivity (Wildman–Crippen MR) is 622 cm³/mol. The number of nitrogens with two attached hydrogens (primary N) is 3. The van der Waals surface area contributed by atoms with Crippen LogP contribution in [0.2, 0.25) is 0 Å². The van der Waals surface area contributed by atoms with E-state index in [1.165, 1.54) is 73.6 Å². The molecule has 0 saturated heterocycles. The van der Waals surface area contributed by atoms with Crippen molar-refractivity contribution in [2.45, 2.75) is 368 Å². The van der Waals surface area contributed by atoms with E-state index in [2.05, 4.69) is 443 Å². The van der Waals surface area contributed by atoms with Crippen molar-refractivity contribution in [1.82, 2.24) is 115 Å². The highest BCUT2D eigenvalue weighted by Crippen LogP contribution is 2.33. The molecule has 13 N–H and O–H groups in total. The van der Waals surface area contributed by atoms with Gasteiger partial charge in [-0.3, -0.25) is 29.8 Å². The summed E-state index contributed by atoms with van der Waals surface area (Å²) in [5.74, 6) is 2.01. The summed E-state index contributed by atoms with van der Waals surface area (Å²) >= 11 is 0. The third-order valence-corrected chi connectivity index (χ3v) is 22.2. The number of hydrogen-bond acceptors (Lipinski definition) is 21. The Morgan fingerprint density at radius 2 is 0.772 bits per heavy atom. The maximum Gasteiger partial charge on any atom is 0.248 e. The van der Waals surface area contributed by atoms with Crippen LogP contribution in [0.5, 0.6) is 0 Å². The highest BCUT2D eigenvalue weighted by molar-refractivity contribution is 5.81. The Hall–Kier alpha value is -13.9. The van der Waals surface area contributed by atoms with E-state index in [0.29, 0.717) is 17.1 Å². The van der Waals surface area contributed by atoms with Crippen molar-refractivity contribution < 1.29 is 0 Å². The summed E-state index contributed by atoms with van der Waals surface area (Å²) in [5, 5.41) is 23.3. The predicted octanol–water partition coefficient (Wildman–Crippen LogP) is 27.5. The van der Waals surface area contributed by atoms with Gasteiger partial charge >= 0.3 is 0 Å². The van der Waals surface area contributed by atoms with Crippen molar-refractivity contribution >= 4 is 39.4 Å². The third-order valence-electron chi connectivity index (χ3n) is 22.2. The van der Waals surface area contributed by atoms with Gasteiger partial charge in [-0.15, -0.1) is 0 Å². The van der Waals surface area contributed by atoms with Crippen molar-refractivity contribution in [3.05, 3.63) is 351 Å². The number of aromatic amines is 7. The number of anilines is 3. The molecule has 0 bridgehead atoms. The quantitative estimate of drug-likeness (QED) is 0.0729. The number of nitrogens with zero attached hydrogens (tertiary/aromatic N) is 16. The van der Waals surface area contributed by atoms with Crippen LogP contribution in [0.25, 0.3) is 22.1 Å². The van der Waals surface area contributed by atoms with Crippen LogP contribution in [0.15, 0.2) is 262 Å². The molecule has 0 aliphatic carbocycles. The summed E-state index contributed by atoms with van der Waals surface area (Å²) in [6.45, 7) is 90.5. The molecule has 808 valence electrons. The minimum absolute atomic E-state index is 0.0302. The number of H-pyrrole nitrogens is 7. The molecule has 149 heavy (non-hydrogen) atoms. The molecule has 0 unspecified atom stereocenters. The lowest BCUT2D eigenvalue weighted by Crippen LogP contribution is -2.15. The van der Waals surface area contributed by atoms with Crippen LogP contribution in [0, 0.1) is 5.41 Å². The summed E-state index contributed by atoms with van der Waals surface area (Å²) in [4.78, 5) is 84.3. The van der Waals surface area contributed by atoms with E-state index in [1.807, 2.05) is 129 Å². The van der Waals surface area contributed by atoms with Gasteiger partial charge in [-0.05, 0) is 206 Å². The average molecular weight is 2030 g/mol. The van der Waals surface area contributed by atoms with E-state index in [1.54, 1.807) is 74.4 Å². The fraction of sp³-hybridized carbons (Fsp3) is 0.471. The first kappa shape index (κ1) is 129. The molecule has 0 amide bonds. The Kier molecular flexibility index (Phi) is 49.5. The number of imidazole rings is 1. The first-order chi connectivity index (χ1) is 68.4. The lowest BCUT2D eigenvalue weighted by Gasteiger charge is -2.20. The topological polar surface area (TPSA) is 429 Å². The number of aromatic nitrogens is 23.